The summed E-state index contributed by atoms with van der Waals surface area (Å²) in [6.45, 7) is 3.95. The minimum atomic E-state index is -0.00109. The highest BCUT2D eigenvalue weighted by atomic mass is 127. The quantitative estimate of drug-likeness (QED) is 0.307. The average molecular weight is 511 g/mol. The number of hydrogen-bond donors (Lipinski definition) is 2. The fourth-order valence-electron chi connectivity index (χ4n) is 2.59. The summed E-state index contributed by atoms with van der Waals surface area (Å²) < 4.78 is 5.35. The molecule has 158 valence electrons. The molecule has 29 heavy (non-hydrogen) atoms. The van der Waals surface area contributed by atoms with Crippen molar-refractivity contribution in [3.05, 3.63) is 59.9 Å². The first-order chi connectivity index (χ1) is 13.6. The zero-order chi connectivity index (χ0) is 20.2. The SMILES string of the molecule is CCNC(=NCc1ccccc1OC)NCC(=O)N(C)CCc1ccccn1.I. The number of nitrogens with zero attached hydrogens (tertiary/aromatic N) is 3. The van der Waals surface area contributed by atoms with Gasteiger partial charge in [-0.3, -0.25) is 9.78 Å². The summed E-state index contributed by atoms with van der Waals surface area (Å²) in [4.78, 5) is 22.9. The summed E-state index contributed by atoms with van der Waals surface area (Å²) in [6, 6.07) is 13.6. The summed E-state index contributed by atoms with van der Waals surface area (Å²) in [5, 5.41) is 6.26. The molecule has 0 saturated heterocycles. The second kappa shape index (κ2) is 13.8. The van der Waals surface area contributed by atoms with Crippen LogP contribution in [-0.2, 0) is 17.8 Å². The van der Waals surface area contributed by atoms with Crippen molar-refractivity contribution >= 4 is 35.8 Å². The number of likely N-dealkylation sites (N-methyl/N-ethyl adjacent to an activating group) is 1. The smallest absolute Gasteiger partial charge is 0.241 e. The van der Waals surface area contributed by atoms with E-state index in [1.807, 2.05) is 49.4 Å². The van der Waals surface area contributed by atoms with E-state index in [1.54, 1.807) is 25.3 Å². The molecular weight excluding hydrogens is 481 g/mol. The monoisotopic (exact) mass is 511 g/mol. The number of benzene rings is 1. The van der Waals surface area contributed by atoms with Gasteiger partial charge in [0.1, 0.15) is 5.75 Å². The second-order valence-corrected chi connectivity index (χ2v) is 6.25. The van der Waals surface area contributed by atoms with Gasteiger partial charge in [-0.15, -0.1) is 24.0 Å². The number of carbonyl (C=O) groups excluding carboxylic acids is 1. The molecule has 1 heterocycles. The van der Waals surface area contributed by atoms with Crippen molar-refractivity contribution < 1.29 is 9.53 Å². The van der Waals surface area contributed by atoms with Crippen molar-refractivity contribution in [2.45, 2.75) is 19.9 Å². The van der Waals surface area contributed by atoms with Gasteiger partial charge in [-0.1, -0.05) is 24.3 Å². The lowest BCUT2D eigenvalue weighted by Crippen LogP contribution is -2.44. The maximum absolute atomic E-state index is 12.4. The Kier molecular flexibility index (Phi) is 11.7. The minimum Gasteiger partial charge on any atom is -0.496 e. The number of aliphatic imine (C=N–C) groups is 1. The van der Waals surface area contributed by atoms with E-state index in [1.165, 1.54) is 0 Å². The van der Waals surface area contributed by atoms with Crippen molar-refractivity contribution in [1.29, 1.82) is 0 Å². The topological polar surface area (TPSA) is 78.9 Å². The molecule has 1 aromatic heterocycles. The van der Waals surface area contributed by atoms with Crippen molar-refractivity contribution in [2.24, 2.45) is 4.99 Å². The minimum absolute atomic E-state index is 0. The number of halogens is 1. The van der Waals surface area contributed by atoms with E-state index in [9.17, 15) is 4.79 Å². The summed E-state index contributed by atoms with van der Waals surface area (Å²) in [5.41, 5.74) is 1.96. The summed E-state index contributed by atoms with van der Waals surface area (Å²) in [7, 11) is 3.44. The van der Waals surface area contributed by atoms with Crippen LogP contribution in [0.15, 0.2) is 53.7 Å². The van der Waals surface area contributed by atoms with Crippen molar-refractivity contribution in [3.63, 3.8) is 0 Å². The predicted molar refractivity (Wildman–Crippen MR) is 127 cm³/mol. The van der Waals surface area contributed by atoms with Crippen LogP contribution < -0.4 is 15.4 Å². The van der Waals surface area contributed by atoms with Gasteiger partial charge in [0.15, 0.2) is 5.96 Å². The number of aromatic nitrogens is 1. The zero-order valence-corrected chi connectivity index (χ0v) is 19.6. The van der Waals surface area contributed by atoms with Gasteiger partial charge in [-0.05, 0) is 25.1 Å². The van der Waals surface area contributed by atoms with Gasteiger partial charge < -0.3 is 20.3 Å². The van der Waals surface area contributed by atoms with Gasteiger partial charge in [-0.25, -0.2) is 4.99 Å². The number of carbonyl (C=O) groups is 1. The van der Waals surface area contributed by atoms with Crippen LogP contribution in [0.3, 0.4) is 0 Å². The molecule has 0 saturated carbocycles. The Morgan fingerprint density at radius 3 is 2.62 bits per heavy atom. The molecule has 0 unspecified atom stereocenters. The van der Waals surface area contributed by atoms with Crippen LogP contribution in [0.5, 0.6) is 5.75 Å². The Hall–Kier alpha value is -2.36. The van der Waals surface area contributed by atoms with Gasteiger partial charge in [0, 0.05) is 44.0 Å². The van der Waals surface area contributed by atoms with E-state index in [4.69, 9.17) is 4.74 Å². The van der Waals surface area contributed by atoms with Crippen LogP contribution in [-0.4, -0.2) is 55.5 Å². The molecule has 0 bridgehead atoms. The number of hydrogen-bond acceptors (Lipinski definition) is 4. The van der Waals surface area contributed by atoms with E-state index >= 15 is 0 Å². The van der Waals surface area contributed by atoms with E-state index in [0.717, 1.165) is 23.4 Å². The maximum Gasteiger partial charge on any atom is 0.241 e. The molecule has 0 spiro atoms. The highest BCUT2D eigenvalue weighted by Gasteiger charge is 2.10. The number of ether oxygens (including phenoxy) is 1. The van der Waals surface area contributed by atoms with Crippen LogP contribution in [0, 0.1) is 0 Å². The molecule has 0 aliphatic carbocycles. The summed E-state index contributed by atoms with van der Waals surface area (Å²) in [6.07, 6.45) is 2.49. The molecule has 0 radical (unpaired) electrons. The molecule has 8 heteroatoms. The first-order valence-electron chi connectivity index (χ1n) is 9.42. The first kappa shape index (κ1) is 24.7. The van der Waals surface area contributed by atoms with E-state index in [2.05, 4.69) is 20.6 Å². The average Bonchev–Trinajstić information content (AvgIpc) is 2.74. The van der Waals surface area contributed by atoms with Crippen molar-refractivity contribution in [3.8, 4) is 5.75 Å². The Bertz CT molecular complexity index is 771. The molecule has 1 aromatic carbocycles. The number of methoxy groups -OCH3 is 1. The highest BCUT2D eigenvalue weighted by Crippen LogP contribution is 2.17. The molecule has 1 amide bonds. The van der Waals surface area contributed by atoms with E-state index < -0.39 is 0 Å². The molecule has 2 rings (SSSR count). The predicted octanol–water partition coefficient (Wildman–Crippen LogP) is 2.46. The molecule has 0 aliphatic heterocycles. The van der Waals surface area contributed by atoms with Crippen molar-refractivity contribution in [2.75, 3.05) is 33.8 Å². The number of guanidine groups is 1. The molecule has 7 nitrogen and oxygen atoms in total. The van der Waals surface area contributed by atoms with Gasteiger partial charge in [0.25, 0.3) is 0 Å². The highest BCUT2D eigenvalue weighted by molar-refractivity contribution is 14.0. The molecule has 2 aromatic rings. The Labute approximate surface area is 190 Å². The molecule has 2 N–H and O–H groups in total. The van der Waals surface area contributed by atoms with Gasteiger partial charge >= 0.3 is 0 Å². The molecule has 0 aliphatic rings. The van der Waals surface area contributed by atoms with Crippen LogP contribution in [0.4, 0.5) is 0 Å². The number of pyridine rings is 1. The summed E-state index contributed by atoms with van der Waals surface area (Å²) in [5.74, 6) is 1.39. The van der Waals surface area contributed by atoms with Crippen LogP contribution in [0.2, 0.25) is 0 Å². The Balaban J connectivity index is 0.00000420. The lowest BCUT2D eigenvalue weighted by atomic mass is 10.2. The van der Waals surface area contributed by atoms with Gasteiger partial charge in [0.2, 0.25) is 5.91 Å². The van der Waals surface area contributed by atoms with Crippen LogP contribution in [0.1, 0.15) is 18.2 Å². The lowest BCUT2D eigenvalue weighted by Gasteiger charge is -2.18. The van der Waals surface area contributed by atoms with Gasteiger partial charge in [0.05, 0.1) is 20.2 Å². The third-order valence-electron chi connectivity index (χ3n) is 4.21. The van der Waals surface area contributed by atoms with E-state index in [0.29, 0.717) is 25.6 Å². The standard InChI is InChI=1S/C21H29N5O2.HI/c1-4-22-21(24-15-17-9-5-6-11-19(17)28-3)25-16-20(27)26(2)14-12-18-10-7-8-13-23-18;/h5-11,13H,4,12,14-16H2,1-3H3,(H2,22,24,25);1H. The van der Waals surface area contributed by atoms with Gasteiger partial charge in [-0.2, -0.15) is 0 Å². The Morgan fingerprint density at radius 1 is 1.17 bits per heavy atom. The Morgan fingerprint density at radius 2 is 1.93 bits per heavy atom. The number of para-hydroxylation sites is 1. The maximum atomic E-state index is 12.4. The largest absolute Gasteiger partial charge is 0.496 e. The molecule has 0 atom stereocenters. The molecule has 0 fully saturated rings. The van der Waals surface area contributed by atoms with Crippen molar-refractivity contribution in [1.82, 2.24) is 20.5 Å². The number of amides is 1. The first-order valence-corrected chi connectivity index (χ1v) is 9.42. The molecular formula is C21H30IN5O2. The number of nitrogens with one attached hydrogen (secondary N) is 2. The lowest BCUT2D eigenvalue weighted by molar-refractivity contribution is -0.128. The fraction of sp³-hybridized carbons (Fsp3) is 0.381. The zero-order valence-electron chi connectivity index (χ0n) is 17.2. The number of rotatable bonds is 9. The van der Waals surface area contributed by atoms with Crippen LogP contribution >= 0.6 is 24.0 Å². The third kappa shape index (κ3) is 8.68. The van der Waals surface area contributed by atoms with Crippen LogP contribution in [0.25, 0.3) is 0 Å². The fourth-order valence-corrected chi connectivity index (χ4v) is 2.59. The third-order valence-corrected chi connectivity index (χ3v) is 4.21. The second-order valence-electron chi connectivity index (χ2n) is 6.25. The summed E-state index contributed by atoms with van der Waals surface area (Å²) >= 11 is 0. The van der Waals surface area contributed by atoms with E-state index in [-0.39, 0.29) is 36.4 Å². The normalized spacial score (nSPS) is 10.7.